The van der Waals surface area contributed by atoms with E-state index < -0.39 is 0 Å². The number of hydrogen-bond donors (Lipinski definition) is 1. The summed E-state index contributed by atoms with van der Waals surface area (Å²) in [5.41, 5.74) is 2.12. The maximum absolute atomic E-state index is 13.1. The fourth-order valence-corrected chi connectivity index (χ4v) is 3.79. The van der Waals surface area contributed by atoms with Crippen molar-refractivity contribution in [2.24, 2.45) is 0 Å². The van der Waals surface area contributed by atoms with Crippen molar-refractivity contribution in [2.45, 2.75) is 25.5 Å². The second kappa shape index (κ2) is 8.49. The first-order valence-corrected chi connectivity index (χ1v) is 9.82. The molecule has 1 fully saturated rings. The zero-order chi connectivity index (χ0) is 20.2. The number of fused-ring (bicyclic) bond motifs is 1. The van der Waals surface area contributed by atoms with Gasteiger partial charge in [0.25, 0.3) is 11.8 Å². The Morgan fingerprint density at radius 1 is 1.07 bits per heavy atom. The molecule has 0 unspecified atom stereocenters. The maximum atomic E-state index is 13.1. The summed E-state index contributed by atoms with van der Waals surface area (Å²) in [5.74, 6) is 0.149. The third-order valence-electron chi connectivity index (χ3n) is 5.33. The number of furan rings is 1. The molecule has 0 saturated carbocycles. The molecule has 1 saturated heterocycles. The van der Waals surface area contributed by atoms with E-state index in [9.17, 15) is 9.59 Å². The van der Waals surface area contributed by atoms with Crippen LogP contribution in [-0.2, 0) is 11.3 Å². The maximum Gasteiger partial charge on any atom is 0.289 e. The number of nitrogens with zero attached hydrogens (tertiary/aromatic N) is 1. The molecule has 29 heavy (non-hydrogen) atoms. The van der Waals surface area contributed by atoms with E-state index in [1.807, 2.05) is 42.5 Å². The molecule has 2 aromatic carbocycles. The Hall–Kier alpha value is -3.12. The van der Waals surface area contributed by atoms with Gasteiger partial charge in [0.2, 0.25) is 0 Å². The summed E-state index contributed by atoms with van der Waals surface area (Å²) in [6, 6.07) is 16.8. The summed E-state index contributed by atoms with van der Waals surface area (Å²) in [5, 5.41) is 3.97. The van der Waals surface area contributed by atoms with Gasteiger partial charge in [-0.3, -0.25) is 9.59 Å². The Morgan fingerprint density at radius 3 is 2.48 bits per heavy atom. The number of benzene rings is 2. The highest BCUT2D eigenvalue weighted by atomic mass is 16.5. The molecule has 150 valence electrons. The van der Waals surface area contributed by atoms with E-state index in [2.05, 4.69) is 5.32 Å². The lowest BCUT2D eigenvalue weighted by molar-refractivity contribution is 0.0663. The first-order chi connectivity index (χ1) is 14.2. The predicted molar refractivity (Wildman–Crippen MR) is 110 cm³/mol. The van der Waals surface area contributed by atoms with Crippen molar-refractivity contribution in [3.63, 3.8) is 0 Å². The van der Waals surface area contributed by atoms with Crippen molar-refractivity contribution in [1.82, 2.24) is 10.2 Å². The smallest absolute Gasteiger partial charge is 0.289 e. The number of likely N-dealkylation sites (tertiary alicyclic amines) is 1. The Labute approximate surface area is 169 Å². The van der Waals surface area contributed by atoms with Crippen LogP contribution in [-0.4, -0.2) is 43.0 Å². The number of amides is 2. The largest absolute Gasteiger partial charge is 0.451 e. The van der Waals surface area contributed by atoms with Crippen LogP contribution in [0.25, 0.3) is 11.0 Å². The van der Waals surface area contributed by atoms with Crippen molar-refractivity contribution in [3.8, 4) is 0 Å². The van der Waals surface area contributed by atoms with Crippen LogP contribution in [0, 0.1) is 0 Å². The Kier molecular flexibility index (Phi) is 5.62. The van der Waals surface area contributed by atoms with Crippen LogP contribution in [0.15, 0.2) is 59.0 Å². The summed E-state index contributed by atoms with van der Waals surface area (Å²) in [4.78, 5) is 27.2. The zero-order valence-corrected chi connectivity index (χ0v) is 16.4. The SMILES string of the molecule is COCc1c(C(=O)N2CCC(NC(=O)c3ccccc3)CC2)oc2ccccc12. The number of piperidine rings is 1. The van der Waals surface area contributed by atoms with E-state index in [0.29, 0.717) is 49.4 Å². The molecule has 4 rings (SSSR count). The molecule has 1 N–H and O–H groups in total. The molecule has 2 amide bonds. The average molecular weight is 392 g/mol. The van der Waals surface area contributed by atoms with Crippen molar-refractivity contribution < 1.29 is 18.7 Å². The molecule has 1 aromatic heterocycles. The molecule has 0 bridgehead atoms. The molecule has 0 spiro atoms. The summed E-state index contributed by atoms with van der Waals surface area (Å²) in [6.45, 7) is 1.46. The minimum atomic E-state index is -0.124. The Bertz CT molecular complexity index is 1000. The van der Waals surface area contributed by atoms with Crippen molar-refractivity contribution >= 4 is 22.8 Å². The van der Waals surface area contributed by atoms with E-state index >= 15 is 0 Å². The molecular weight excluding hydrogens is 368 g/mol. The van der Waals surface area contributed by atoms with Gasteiger partial charge in [0.1, 0.15) is 5.58 Å². The van der Waals surface area contributed by atoms with E-state index in [4.69, 9.17) is 9.15 Å². The van der Waals surface area contributed by atoms with Gasteiger partial charge in [-0.15, -0.1) is 0 Å². The minimum absolute atomic E-state index is 0.0564. The second-order valence-electron chi connectivity index (χ2n) is 7.24. The molecular formula is C23H24N2O4. The molecule has 0 aliphatic carbocycles. The highest BCUT2D eigenvalue weighted by Crippen LogP contribution is 2.28. The third-order valence-corrected chi connectivity index (χ3v) is 5.33. The monoisotopic (exact) mass is 392 g/mol. The number of hydrogen-bond acceptors (Lipinski definition) is 4. The Balaban J connectivity index is 1.42. The number of ether oxygens (including phenoxy) is 1. The molecule has 1 aliphatic rings. The number of nitrogens with one attached hydrogen (secondary N) is 1. The number of carbonyl (C=O) groups excluding carboxylic acids is 2. The van der Waals surface area contributed by atoms with Gasteiger partial charge in [0.15, 0.2) is 5.76 Å². The fraction of sp³-hybridized carbons (Fsp3) is 0.304. The van der Waals surface area contributed by atoms with E-state index in [0.717, 1.165) is 10.9 Å². The molecule has 6 nitrogen and oxygen atoms in total. The molecule has 3 aromatic rings. The standard InChI is InChI=1S/C23H24N2O4/c1-28-15-19-18-9-5-6-10-20(18)29-21(19)23(27)25-13-11-17(12-14-25)24-22(26)16-7-3-2-4-8-16/h2-10,17H,11-15H2,1H3,(H,24,26). The van der Waals surface area contributed by atoms with Crippen LogP contribution >= 0.6 is 0 Å². The summed E-state index contributed by atoms with van der Waals surface area (Å²) < 4.78 is 11.2. The zero-order valence-electron chi connectivity index (χ0n) is 16.4. The number of para-hydroxylation sites is 1. The first kappa shape index (κ1) is 19.2. The highest BCUT2D eigenvalue weighted by molar-refractivity contribution is 5.99. The van der Waals surface area contributed by atoms with E-state index in [1.165, 1.54) is 0 Å². The lowest BCUT2D eigenvalue weighted by Crippen LogP contribution is -2.46. The van der Waals surface area contributed by atoms with Crippen LogP contribution in [0.5, 0.6) is 0 Å². The van der Waals surface area contributed by atoms with Gasteiger partial charge >= 0.3 is 0 Å². The van der Waals surface area contributed by atoms with Crippen LogP contribution in [0.1, 0.15) is 39.3 Å². The van der Waals surface area contributed by atoms with Crippen LogP contribution in [0.4, 0.5) is 0 Å². The lowest BCUT2D eigenvalue weighted by atomic mass is 10.0. The molecule has 0 atom stereocenters. The van der Waals surface area contributed by atoms with Crippen LogP contribution in [0.2, 0.25) is 0 Å². The van der Waals surface area contributed by atoms with Crippen molar-refractivity contribution in [3.05, 3.63) is 71.5 Å². The Morgan fingerprint density at radius 2 is 1.76 bits per heavy atom. The minimum Gasteiger partial charge on any atom is -0.451 e. The van der Waals surface area contributed by atoms with Gasteiger partial charge in [-0.1, -0.05) is 36.4 Å². The van der Waals surface area contributed by atoms with Gasteiger partial charge in [0.05, 0.1) is 6.61 Å². The summed E-state index contributed by atoms with van der Waals surface area (Å²) in [6.07, 6.45) is 1.42. The number of methoxy groups -OCH3 is 1. The quantitative estimate of drug-likeness (QED) is 0.720. The van der Waals surface area contributed by atoms with E-state index in [1.54, 1.807) is 24.1 Å². The third kappa shape index (κ3) is 4.03. The number of carbonyl (C=O) groups is 2. The van der Waals surface area contributed by atoms with Crippen molar-refractivity contribution in [2.75, 3.05) is 20.2 Å². The molecule has 6 heteroatoms. The second-order valence-corrected chi connectivity index (χ2v) is 7.24. The normalized spacial score (nSPS) is 14.9. The summed E-state index contributed by atoms with van der Waals surface area (Å²) >= 11 is 0. The van der Waals surface area contributed by atoms with E-state index in [-0.39, 0.29) is 17.9 Å². The van der Waals surface area contributed by atoms with Gasteiger partial charge < -0.3 is 19.4 Å². The fourth-order valence-electron chi connectivity index (χ4n) is 3.79. The van der Waals surface area contributed by atoms with Gasteiger partial charge in [-0.25, -0.2) is 0 Å². The molecule has 1 aliphatic heterocycles. The van der Waals surface area contributed by atoms with Crippen LogP contribution < -0.4 is 5.32 Å². The average Bonchev–Trinajstić information content (AvgIpc) is 3.13. The van der Waals surface area contributed by atoms with Gasteiger partial charge in [-0.05, 0) is 31.0 Å². The van der Waals surface area contributed by atoms with Crippen LogP contribution in [0.3, 0.4) is 0 Å². The number of rotatable bonds is 5. The summed E-state index contributed by atoms with van der Waals surface area (Å²) in [7, 11) is 1.61. The van der Waals surface area contributed by atoms with Gasteiger partial charge in [-0.2, -0.15) is 0 Å². The topological polar surface area (TPSA) is 71.8 Å². The highest BCUT2D eigenvalue weighted by Gasteiger charge is 2.29. The molecule has 2 heterocycles. The molecule has 0 radical (unpaired) electrons. The van der Waals surface area contributed by atoms with Crippen molar-refractivity contribution in [1.29, 1.82) is 0 Å². The van der Waals surface area contributed by atoms with Gasteiger partial charge in [0, 0.05) is 42.8 Å². The lowest BCUT2D eigenvalue weighted by Gasteiger charge is -2.32. The predicted octanol–water partition coefficient (Wildman–Crippen LogP) is 3.61. The first-order valence-electron chi connectivity index (χ1n) is 9.82.